The average molecular weight is 1000 g/mol. The normalized spacial score (nSPS) is 16.3. The molecule has 0 spiro atoms. The van der Waals surface area contributed by atoms with Crippen LogP contribution in [-0.4, -0.2) is 115 Å². The highest BCUT2D eigenvalue weighted by Crippen LogP contribution is 2.51. The summed E-state index contributed by atoms with van der Waals surface area (Å²) in [6, 6.07) is 40.9. The van der Waals surface area contributed by atoms with E-state index < -0.39 is 32.6 Å². The van der Waals surface area contributed by atoms with Crippen molar-refractivity contribution < 1.29 is 28.0 Å². The van der Waals surface area contributed by atoms with E-state index in [2.05, 4.69) is 108 Å². The first-order valence-electron chi connectivity index (χ1n) is 24.4. The van der Waals surface area contributed by atoms with Crippen LogP contribution in [0.15, 0.2) is 127 Å². The van der Waals surface area contributed by atoms with Gasteiger partial charge in [-0.2, -0.15) is 5.26 Å². The lowest BCUT2D eigenvalue weighted by molar-refractivity contribution is -0.0913. The van der Waals surface area contributed by atoms with Crippen LogP contribution in [0, 0.1) is 23.2 Å². The molecule has 0 N–H and O–H groups in total. The molecule has 0 saturated carbocycles. The Morgan fingerprint density at radius 1 is 0.822 bits per heavy atom. The van der Waals surface area contributed by atoms with E-state index in [4.69, 9.17) is 38.0 Å². The Morgan fingerprint density at radius 3 is 2.08 bits per heavy atom. The first-order chi connectivity index (χ1) is 35.3. The molecule has 378 valence electrons. The number of aromatic nitrogens is 4. The highest BCUT2D eigenvalue weighted by atomic mass is 31.2. The van der Waals surface area contributed by atoms with E-state index in [0.29, 0.717) is 40.7 Å². The zero-order valence-electron chi connectivity index (χ0n) is 43.3. The van der Waals surface area contributed by atoms with Gasteiger partial charge >= 0.3 is 0 Å². The lowest BCUT2D eigenvalue weighted by atomic mass is 9.80. The fraction of sp³-hybridized carbons (Fsp3) is 0.351. The van der Waals surface area contributed by atoms with Crippen molar-refractivity contribution in [2.24, 2.45) is 4.99 Å². The number of hydrogen-bond donors (Lipinski definition) is 0. The van der Waals surface area contributed by atoms with Crippen LogP contribution in [0.25, 0.3) is 21.9 Å². The molecule has 7 aromatic rings. The highest BCUT2D eigenvalue weighted by molar-refractivity contribution is 7.44. The van der Waals surface area contributed by atoms with Crippen molar-refractivity contribution in [3.63, 3.8) is 0 Å². The molecule has 2 aromatic heterocycles. The summed E-state index contributed by atoms with van der Waals surface area (Å²) in [6.07, 6.45) is 1.73. The molecule has 16 heteroatoms. The third-order valence-electron chi connectivity index (χ3n) is 12.5. The average Bonchev–Trinajstić information content (AvgIpc) is 3.98. The van der Waals surface area contributed by atoms with Crippen LogP contribution in [0.4, 0.5) is 11.5 Å². The molecule has 73 heavy (non-hydrogen) atoms. The maximum absolute atomic E-state index is 9.60. The predicted molar refractivity (Wildman–Crippen MR) is 288 cm³/mol. The second-order valence-corrected chi connectivity index (χ2v) is 20.1. The number of nitriles is 1. The fourth-order valence-electron chi connectivity index (χ4n) is 9.05. The minimum Gasteiger partial charge on any atom is -0.497 e. The Bertz CT molecular complexity index is 3040. The van der Waals surface area contributed by atoms with E-state index in [1.165, 1.54) is 6.33 Å². The summed E-state index contributed by atoms with van der Waals surface area (Å²) < 4.78 is 44.0. The lowest BCUT2D eigenvalue weighted by Crippen LogP contribution is -2.39. The van der Waals surface area contributed by atoms with Crippen molar-refractivity contribution in [2.45, 2.75) is 76.7 Å². The quantitative estimate of drug-likeness (QED) is 0.0179. The van der Waals surface area contributed by atoms with Gasteiger partial charge in [-0.05, 0) is 110 Å². The SMILES string of the molecule is COc1ccc(C(OC[C@H]2O[C@@H](n3c(C#Cc4ccc5cc(N(C)C)ccc5c4)nc4c(/N=C/N(C)C)ncnc43)C[C@@H]2OP(OCCC#N)N(C(C)C)C(C)C)(c2ccccc2)c2ccc(OC)cc2)cc1. The summed E-state index contributed by atoms with van der Waals surface area (Å²) in [5.74, 6) is 9.04. The van der Waals surface area contributed by atoms with Crippen molar-refractivity contribution in [3.05, 3.63) is 150 Å². The first-order valence-corrected chi connectivity index (χ1v) is 25.5. The molecule has 8 rings (SSSR count). The molecule has 5 aromatic carbocycles. The summed E-state index contributed by atoms with van der Waals surface area (Å²) in [6.45, 7) is 8.74. The fourth-order valence-corrected chi connectivity index (χ4v) is 10.8. The number of methoxy groups -OCH3 is 2. The van der Waals surface area contributed by atoms with Gasteiger partial charge in [0.25, 0.3) is 8.53 Å². The van der Waals surface area contributed by atoms with Gasteiger partial charge in [-0.15, -0.1) is 0 Å². The smallest absolute Gasteiger partial charge is 0.259 e. The number of hydrogen-bond acceptors (Lipinski definition) is 13. The maximum atomic E-state index is 9.60. The molecule has 1 aliphatic heterocycles. The molecule has 3 heterocycles. The molecule has 4 atom stereocenters. The standard InChI is InChI=1S/C57H64N9O6P/c1-39(2)66(40(3)4)73(70-32-14-31-58)72-50-35-53(71-51(50)36-69-57(44-15-12-11-13-16-44,45-21-26-48(67-9)27-22-45)46-23-28-49(68-10)29-24-46)65-52(62-54-55(61-38-63(5)6)59-37-60-56(54)65)30-18-41-17-19-43-34-47(64(7)8)25-20-42(43)33-41/h11-13,15-17,19-29,33-34,37-40,50-51,53H,14,32,35-36H2,1-10H3/b61-38+/t50-,51+,53+,73?/m0/s1. The molecule has 1 unspecified atom stereocenters. The van der Waals surface area contributed by atoms with Gasteiger partial charge in [0.05, 0.1) is 52.4 Å². The summed E-state index contributed by atoms with van der Waals surface area (Å²) in [7, 11) is 9.45. The number of benzene rings is 5. The second-order valence-electron chi connectivity index (χ2n) is 18.6. The molecular formula is C57H64N9O6P. The zero-order valence-corrected chi connectivity index (χ0v) is 44.2. The van der Waals surface area contributed by atoms with Gasteiger partial charge in [0.2, 0.25) is 0 Å². The van der Waals surface area contributed by atoms with E-state index in [-0.39, 0.29) is 31.7 Å². The number of anilines is 1. The zero-order chi connectivity index (χ0) is 51.6. The molecule has 0 amide bonds. The first kappa shape index (κ1) is 52.4. The Morgan fingerprint density at radius 2 is 1.47 bits per heavy atom. The number of rotatable bonds is 20. The van der Waals surface area contributed by atoms with Crippen LogP contribution in [-0.2, 0) is 24.1 Å². The van der Waals surface area contributed by atoms with Gasteiger partial charge < -0.3 is 37.8 Å². The van der Waals surface area contributed by atoms with Crippen molar-refractivity contribution in [1.29, 1.82) is 5.26 Å². The van der Waals surface area contributed by atoms with E-state index in [0.717, 1.165) is 38.7 Å². The third-order valence-corrected chi connectivity index (χ3v) is 14.7. The van der Waals surface area contributed by atoms with Crippen LogP contribution >= 0.6 is 8.53 Å². The Kier molecular flexibility index (Phi) is 17.0. The Balaban J connectivity index is 1.27. The maximum Gasteiger partial charge on any atom is 0.259 e. The van der Waals surface area contributed by atoms with E-state index >= 15 is 0 Å². The van der Waals surface area contributed by atoms with Gasteiger partial charge in [-0.3, -0.25) is 4.57 Å². The van der Waals surface area contributed by atoms with E-state index in [9.17, 15) is 5.26 Å². The van der Waals surface area contributed by atoms with Crippen LogP contribution in [0.5, 0.6) is 11.5 Å². The molecule has 1 fully saturated rings. The Hall–Kier alpha value is -6.94. The van der Waals surface area contributed by atoms with Crippen LogP contribution in [0.3, 0.4) is 0 Å². The molecule has 0 aliphatic carbocycles. The van der Waals surface area contributed by atoms with Crippen LogP contribution in [0.1, 0.15) is 74.8 Å². The number of aliphatic imine (C=N–C) groups is 1. The summed E-state index contributed by atoms with van der Waals surface area (Å²) in [5, 5.41) is 11.8. The van der Waals surface area contributed by atoms with Crippen LogP contribution in [0.2, 0.25) is 0 Å². The van der Waals surface area contributed by atoms with Crippen molar-refractivity contribution in [3.8, 4) is 29.4 Å². The molecular weight excluding hydrogens is 938 g/mol. The second kappa shape index (κ2) is 23.7. The van der Waals surface area contributed by atoms with Crippen molar-refractivity contribution in [1.82, 2.24) is 29.1 Å². The largest absolute Gasteiger partial charge is 0.497 e. The predicted octanol–water partition coefficient (Wildman–Crippen LogP) is 10.6. The summed E-state index contributed by atoms with van der Waals surface area (Å²) >= 11 is 0. The molecule has 1 saturated heterocycles. The minimum absolute atomic E-state index is 0.0549. The Labute approximate surface area is 430 Å². The number of fused-ring (bicyclic) bond motifs is 2. The van der Waals surface area contributed by atoms with Gasteiger partial charge in [0.1, 0.15) is 35.8 Å². The molecule has 0 radical (unpaired) electrons. The molecule has 1 aliphatic rings. The van der Waals surface area contributed by atoms with E-state index in [1.807, 2.05) is 110 Å². The number of ether oxygens (including phenoxy) is 4. The van der Waals surface area contributed by atoms with Gasteiger partial charge in [0.15, 0.2) is 22.8 Å². The summed E-state index contributed by atoms with van der Waals surface area (Å²) in [5.41, 5.74) is 4.39. The van der Waals surface area contributed by atoms with Gasteiger partial charge in [-0.25, -0.2) is 24.6 Å². The van der Waals surface area contributed by atoms with Crippen molar-refractivity contribution >= 4 is 48.3 Å². The van der Waals surface area contributed by atoms with E-state index in [1.54, 1.807) is 20.6 Å². The van der Waals surface area contributed by atoms with Crippen LogP contribution < -0.4 is 14.4 Å². The monoisotopic (exact) mass is 1000 g/mol. The summed E-state index contributed by atoms with van der Waals surface area (Å²) in [4.78, 5) is 23.1. The van der Waals surface area contributed by atoms with Gasteiger partial charge in [0, 0.05) is 57.9 Å². The molecule has 15 nitrogen and oxygen atoms in total. The minimum atomic E-state index is -1.71. The lowest BCUT2D eigenvalue weighted by Gasteiger charge is -2.39. The molecule has 0 bridgehead atoms. The topological polar surface area (TPSA) is 145 Å². The van der Waals surface area contributed by atoms with Gasteiger partial charge in [-0.1, -0.05) is 72.7 Å². The number of nitrogens with zero attached hydrogens (tertiary/aromatic N) is 9. The highest BCUT2D eigenvalue weighted by Gasteiger charge is 2.46. The van der Waals surface area contributed by atoms with Crippen molar-refractivity contribution in [2.75, 3.05) is 60.5 Å². The number of imidazole rings is 1. The third kappa shape index (κ3) is 11.8.